The van der Waals surface area contributed by atoms with E-state index in [1.165, 1.54) is 0 Å². The van der Waals surface area contributed by atoms with Gasteiger partial charge in [0.1, 0.15) is 0 Å². The molecule has 0 saturated carbocycles. The summed E-state index contributed by atoms with van der Waals surface area (Å²) in [5.41, 5.74) is 0.858. The highest BCUT2D eigenvalue weighted by molar-refractivity contribution is 6.30. The number of hydrogen-bond donors (Lipinski definition) is 0. The molecule has 9 nitrogen and oxygen atoms in total. The van der Waals surface area contributed by atoms with Gasteiger partial charge in [0.25, 0.3) is 0 Å². The molecule has 4 rings (SSSR count). The molecule has 0 bridgehead atoms. The Bertz CT molecular complexity index is 962. The summed E-state index contributed by atoms with van der Waals surface area (Å²) in [5, 5.41) is 8.44. The number of rotatable bonds is 6. The van der Waals surface area contributed by atoms with Gasteiger partial charge in [0.15, 0.2) is 5.82 Å². The van der Waals surface area contributed by atoms with Crippen molar-refractivity contribution in [1.29, 1.82) is 0 Å². The maximum atomic E-state index is 12.4. The number of amides is 1. The molecule has 1 aliphatic heterocycles. The molecule has 0 atom stereocenters. The molecule has 0 N–H and O–H groups in total. The second kappa shape index (κ2) is 8.71. The van der Waals surface area contributed by atoms with Crippen LogP contribution in [-0.2, 0) is 17.8 Å². The third kappa shape index (κ3) is 4.99. The van der Waals surface area contributed by atoms with Crippen LogP contribution >= 0.6 is 11.6 Å². The molecule has 0 aliphatic carbocycles. The van der Waals surface area contributed by atoms with Crippen LogP contribution in [0.5, 0.6) is 0 Å². The minimum absolute atomic E-state index is 0.100. The van der Waals surface area contributed by atoms with Crippen LogP contribution in [0.1, 0.15) is 24.0 Å². The number of carbonyl (C=O) groups excluding carboxylic acids is 1. The lowest BCUT2D eigenvalue weighted by Crippen LogP contribution is -2.48. The van der Waals surface area contributed by atoms with E-state index in [2.05, 4.69) is 25.2 Å². The predicted molar refractivity (Wildman–Crippen MR) is 104 cm³/mol. The van der Waals surface area contributed by atoms with Crippen LogP contribution in [0.25, 0.3) is 11.4 Å². The average Bonchev–Trinajstić information content (AvgIpc) is 3.36. The number of nitrogens with zero attached hydrogens (tertiary/aromatic N) is 6. The number of halogens is 1. The van der Waals surface area contributed by atoms with Crippen molar-refractivity contribution in [1.82, 2.24) is 30.1 Å². The number of carbonyl (C=O) groups is 1. The highest BCUT2D eigenvalue weighted by Gasteiger charge is 2.23. The Labute approximate surface area is 172 Å². The Morgan fingerprint density at radius 1 is 1.03 bits per heavy atom. The fourth-order valence-electron chi connectivity index (χ4n) is 3.20. The summed E-state index contributed by atoms with van der Waals surface area (Å²) in [7, 11) is 0. The molecule has 1 amide bonds. The van der Waals surface area contributed by atoms with Crippen molar-refractivity contribution in [2.45, 2.75) is 26.3 Å². The third-order valence-corrected chi connectivity index (χ3v) is 5.03. The molecule has 29 heavy (non-hydrogen) atoms. The summed E-state index contributed by atoms with van der Waals surface area (Å²) in [5.74, 6) is 2.29. The minimum atomic E-state index is 0.100. The second-order valence-corrected chi connectivity index (χ2v) is 7.35. The quantitative estimate of drug-likeness (QED) is 0.603. The Balaban J connectivity index is 1.24. The average molecular weight is 417 g/mol. The highest BCUT2D eigenvalue weighted by Crippen LogP contribution is 2.19. The van der Waals surface area contributed by atoms with Crippen molar-refractivity contribution in [3.05, 3.63) is 46.9 Å². The summed E-state index contributed by atoms with van der Waals surface area (Å²) in [6.45, 7) is 5.16. The zero-order valence-electron chi connectivity index (χ0n) is 16.0. The van der Waals surface area contributed by atoms with Gasteiger partial charge in [0.05, 0.1) is 6.54 Å². The largest absolute Gasteiger partial charge is 0.340 e. The molecule has 1 fully saturated rings. The molecule has 1 aliphatic rings. The molecule has 10 heteroatoms. The number of aryl methyl sites for hydroxylation is 2. The molecule has 3 aromatic rings. The van der Waals surface area contributed by atoms with Crippen molar-refractivity contribution < 1.29 is 13.8 Å². The summed E-state index contributed by atoms with van der Waals surface area (Å²) in [6.07, 6.45) is 0.838. The molecule has 0 spiro atoms. The summed E-state index contributed by atoms with van der Waals surface area (Å²) < 4.78 is 10.4. The first-order chi connectivity index (χ1) is 14.1. The number of hydrogen-bond acceptors (Lipinski definition) is 8. The van der Waals surface area contributed by atoms with Crippen LogP contribution in [-0.4, -0.2) is 62.2 Å². The first-order valence-corrected chi connectivity index (χ1v) is 9.82. The third-order valence-electron chi connectivity index (χ3n) is 4.78. The van der Waals surface area contributed by atoms with Gasteiger partial charge in [0.2, 0.25) is 23.5 Å². The van der Waals surface area contributed by atoms with Crippen molar-refractivity contribution >= 4 is 17.5 Å². The molecule has 2 aromatic heterocycles. The summed E-state index contributed by atoms with van der Waals surface area (Å²) in [6, 6.07) is 7.31. The van der Waals surface area contributed by atoms with E-state index in [-0.39, 0.29) is 5.91 Å². The predicted octanol–water partition coefficient (Wildman–Crippen LogP) is 2.36. The standard InChI is InChI=1S/C19H21ClN6O3/c1-13-21-16(28-23-13)6-7-18(27)26-10-8-25(9-11-26)12-17-22-19(24-29-17)14-2-4-15(20)5-3-14/h2-5H,6-12H2,1H3. The molecule has 0 unspecified atom stereocenters. The highest BCUT2D eigenvalue weighted by atomic mass is 35.5. The van der Waals surface area contributed by atoms with Crippen molar-refractivity contribution in [2.75, 3.05) is 26.2 Å². The molecule has 1 saturated heterocycles. The van der Waals surface area contributed by atoms with E-state index in [4.69, 9.17) is 20.6 Å². The van der Waals surface area contributed by atoms with Gasteiger partial charge >= 0.3 is 0 Å². The fraction of sp³-hybridized carbons (Fsp3) is 0.421. The maximum Gasteiger partial charge on any atom is 0.241 e. The zero-order valence-corrected chi connectivity index (χ0v) is 16.8. The second-order valence-electron chi connectivity index (χ2n) is 6.91. The van der Waals surface area contributed by atoms with Gasteiger partial charge in [-0.15, -0.1) is 0 Å². The van der Waals surface area contributed by atoms with Crippen molar-refractivity contribution in [3.63, 3.8) is 0 Å². The van der Waals surface area contributed by atoms with E-state index in [9.17, 15) is 4.79 Å². The lowest BCUT2D eigenvalue weighted by Gasteiger charge is -2.33. The smallest absolute Gasteiger partial charge is 0.241 e. The summed E-state index contributed by atoms with van der Waals surface area (Å²) >= 11 is 5.91. The van der Waals surface area contributed by atoms with Gasteiger partial charge < -0.3 is 13.9 Å². The minimum Gasteiger partial charge on any atom is -0.340 e. The van der Waals surface area contributed by atoms with Gasteiger partial charge in [0, 0.05) is 49.6 Å². The number of piperazine rings is 1. The Hall–Kier alpha value is -2.78. The molecule has 3 heterocycles. The molecular formula is C19H21ClN6O3. The molecule has 1 aromatic carbocycles. The first kappa shape index (κ1) is 19.5. The zero-order chi connectivity index (χ0) is 20.2. The SMILES string of the molecule is Cc1noc(CCC(=O)N2CCN(Cc3nc(-c4ccc(Cl)cc4)no3)CC2)n1. The van der Waals surface area contributed by atoms with Crippen molar-refractivity contribution in [2.24, 2.45) is 0 Å². The summed E-state index contributed by atoms with van der Waals surface area (Å²) in [4.78, 5) is 25.0. The van der Waals surface area contributed by atoms with E-state index in [1.54, 1.807) is 19.1 Å². The van der Waals surface area contributed by atoms with Gasteiger partial charge in [-0.1, -0.05) is 21.9 Å². The Kier molecular flexibility index (Phi) is 5.86. The number of aromatic nitrogens is 4. The maximum absolute atomic E-state index is 12.4. The van der Waals surface area contributed by atoms with Crippen LogP contribution < -0.4 is 0 Å². The van der Waals surface area contributed by atoms with Crippen LogP contribution in [0.2, 0.25) is 5.02 Å². The van der Waals surface area contributed by atoms with Gasteiger partial charge in [-0.25, -0.2) is 0 Å². The van der Waals surface area contributed by atoms with E-state index in [0.29, 0.717) is 60.9 Å². The topological polar surface area (TPSA) is 101 Å². The number of benzene rings is 1. The van der Waals surface area contributed by atoms with E-state index in [0.717, 1.165) is 18.7 Å². The molecular weight excluding hydrogens is 396 g/mol. The van der Waals surface area contributed by atoms with E-state index >= 15 is 0 Å². The normalized spacial score (nSPS) is 15.0. The van der Waals surface area contributed by atoms with E-state index < -0.39 is 0 Å². The van der Waals surface area contributed by atoms with Crippen LogP contribution in [0.3, 0.4) is 0 Å². The molecule has 152 valence electrons. The Morgan fingerprint density at radius 2 is 1.76 bits per heavy atom. The van der Waals surface area contributed by atoms with Gasteiger partial charge in [-0.05, 0) is 31.2 Å². The fourth-order valence-corrected chi connectivity index (χ4v) is 3.32. The van der Waals surface area contributed by atoms with E-state index in [1.807, 2.05) is 17.0 Å². The lowest BCUT2D eigenvalue weighted by molar-refractivity contribution is -0.133. The lowest BCUT2D eigenvalue weighted by atomic mass is 10.2. The molecule has 0 radical (unpaired) electrons. The van der Waals surface area contributed by atoms with Gasteiger partial charge in [-0.2, -0.15) is 9.97 Å². The first-order valence-electron chi connectivity index (χ1n) is 9.44. The van der Waals surface area contributed by atoms with Crippen LogP contribution in [0.15, 0.2) is 33.3 Å². The van der Waals surface area contributed by atoms with Gasteiger partial charge in [-0.3, -0.25) is 9.69 Å². The van der Waals surface area contributed by atoms with Crippen LogP contribution in [0.4, 0.5) is 0 Å². The van der Waals surface area contributed by atoms with Crippen LogP contribution in [0, 0.1) is 6.92 Å². The monoisotopic (exact) mass is 416 g/mol. The van der Waals surface area contributed by atoms with Crippen molar-refractivity contribution in [3.8, 4) is 11.4 Å². The Morgan fingerprint density at radius 3 is 2.45 bits per heavy atom.